The third-order valence-corrected chi connectivity index (χ3v) is 2.79. The number of carboxylic acids is 1. The zero-order valence-corrected chi connectivity index (χ0v) is 9.88. The van der Waals surface area contributed by atoms with Gasteiger partial charge in [0.25, 0.3) is 0 Å². The van der Waals surface area contributed by atoms with Crippen LogP contribution in [-0.4, -0.2) is 22.1 Å². The van der Waals surface area contributed by atoms with E-state index in [1.54, 1.807) is 0 Å². The molecular weight excluding hydrogens is 271 g/mol. The van der Waals surface area contributed by atoms with Gasteiger partial charge in [0.2, 0.25) is 0 Å². The van der Waals surface area contributed by atoms with Gasteiger partial charge in [0, 0.05) is 6.42 Å². The largest absolute Gasteiger partial charge is 0.480 e. The summed E-state index contributed by atoms with van der Waals surface area (Å²) in [4.78, 5) is 14.2. The third-order valence-electron chi connectivity index (χ3n) is 1.35. The Morgan fingerprint density at radius 3 is 2.57 bits per heavy atom. The molecule has 0 amide bonds. The predicted octanol–water partition coefficient (Wildman–Crippen LogP) is 1.83. The highest BCUT2D eigenvalue weighted by atomic mass is 35.5. The number of carbonyl (C=O) groups is 1. The van der Waals surface area contributed by atoms with Crippen molar-refractivity contribution in [1.82, 2.24) is 4.98 Å². The molecule has 0 fully saturated rings. The molecule has 0 aromatic carbocycles. The minimum atomic E-state index is -1.08. The molecule has 1 aromatic heterocycles. The zero-order valence-electron chi connectivity index (χ0n) is 6.74. The lowest BCUT2D eigenvalue weighted by atomic mass is 10.2. The lowest BCUT2D eigenvalue weighted by Gasteiger charge is -2.02. The van der Waals surface area contributed by atoms with Crippen molar-refractivity contribution in [3.63, 3.8) is 0 Å². The maximum atomic E-state index is 10.4. The van der Waals surface area contributed by atoms with Crippen LogP contribution in [0, 0.1) is 0 Å². The minimum absolute atomic E-state index is 0. The average molecular weight is 278 g/mol. The van der Waals surface area contributed by atoms with Crippen LogP contribution >= 0.6 is 46.9 Å². The molecule has 0 spiro atoms. The van der Waals surface area contributed by atoms with Gasteiger partial charge in [0.1, 0.15) is 10.4 Å². The summed E-state index contributed by atoms with van der Waals surface area (Å²) < 4.78 is 0.680. The Labute approximate surface area is 100 Å². The second kappa shape index (κ2) is 5.72. The van der Waals surface area contributed by atoms with Gasteiger partial charge in [0.15, 0.2) is 4.47 Å². The van der Waals surface area contributed by atoms with Crippen LogP contribution in [0.1, 0.15) is 5.69 Å². The van der Waals surface area contributed by atoms with E-state index in [9.17, 15) is 4.79 Å². The maximum Gasteiger partial charge on any atom is 0.320 e. The molecule has 1 atom stereocenters. The Kier molecular flexibility index (Phi) is 5.70. The fourth-order valence-corrected chi connectivity index (χ4v) is 2.07. The van der Waals surface area contributed by atoms with Crippen LogP contribution < -0.4 is 5.73 Å². The first-order valence-electron chi connectivity index (χ1n) is 3.29. The van der Waals surface area contributed by atoms with Crippen LogP contribution in [0.15, 0.2) is 0 Å². The molecule has 0 saturated carbocycles. The van der Waals surface area contributed by atoms with Gasteiger partial charge < -0.3 is 10.8 Å². The number of carboxylic acid groups (broad SMARTS) is 1. The van der Waals surface area contributed by atoms with Crippen molar-refractivity contribution in [3.8, 4) is 0 Å². The summed E-state index contributed by atoms with van der Waals surface area (Å²) in [6.45, 7) is 0. The molecule has 8 heteroatoms. The van der Waals surface area contributed by atoms with Crippen LogP contribution in [0.2, 0.25) is 8.80 Å². The summed E-state index contributed by atoms with van der Waals surface area (Å²) in [6.07, 6.45) is 0.0946. The molecule has 14 heavy (non-hydrogen) atoms. The van der Waals surface area contributed by atoms with E-state index in [4.69, 9.17) is 34.0 Å². The van der Waals surface area contributed by atoms with Crippen molar-refractivity contribution in [1.29, 1.82) is 0 Å². The van der Waals surface area contributed by atoms with Crippen LogP contribution in [0.4, 0.5) is 0 Å². The zero-order chi connectivity index (χ0) is 10.0. The number of aliphatic carboxylic acids is 1. The first-order valence-corrected chi connectivity index (χ1v) is 4.87. The second-order valence-electron chi connectivity index (χ2n) is 2.34. The number of hydrogen-bond donors (Lipinski definition) is 2. The molecular formula is C6H7Cl3N2O2S. The van der Waals surface area contributed by atoms with Crippen molar-refractivity contribution >= 4 is 52.9 Å². The summed E-state index contributed by atoms with van der Waals surface area (Å²) in [5.74, 6) is -1.08. The highest BCUT2D eigenvalue weighted by Crippen LogP contribution is 2.28. The number of halogens is 3. The second-order valence-corrected chi connectivity index (χ2v) is 4.52. The standard InChI is InChI=1S/C6H6Cl2N2O2S.ClH/c7-4-3(10-6(8)13-4)1-2(9)5(11)12;/h2H,1,9H2,(H,11,12);1H. The quantitative estimate of drug-likeness (QED) is 0.884. The van der Waals surface area contributed by atoms with E-state index < -0.39 is 12.0 Å². The van der Waals surface area contributed by atoms with Crippen molar-refractivity contribution in [2.24, 2.45) is 5.73 Å². The monoisotopic (exact) mass is 276 g/mol. The van der Waals surface area contributed by atoms with Gasteiger partial charge in [-0.05, 0) is 0 Å². The van der Waals surface area contributed by atoms with Crippen molar-refractivity contribution in [3.05, 3.63) is 14.5 Å². The van der Waals surface area contributed by atoms with Crippen LogP contribution in [0.25, 0.3) is 0 Å². The molecule has 1 heterocycles. The van der Waals surface area contributed by atoms with Gasteiger partial charge in [-0.3, -0.25) is 4.79 Å². The van der Waals surface area contributed by atoms with Crippen molar-refractivity contribution in [2.45, 2.75) is 12.5 Å². The fraction of sp³-hybridized carbons (Fsp3) is 0.333. The van der Waals surface area contributed by atoms with E-state index in [1.807, 2.05) is 0 Å². The topological polar surface area (TPSA) is 76.2 Å². The first kappa shape index (κ1) is 13.9. The SMILES string of the molecule is Cl.NC(Cc1nc(Cl)sc1Cl)C(=O)O. The number of hydrogen-bond acceptors (Lipinski definition) is 4. The lowest BCUT2D eigenvalue weighted by molar-refractivity contribution is -0.138. The fourth-order valence-electron chi connectivity index (χ4n) is 0.727. The number of rotatable bonds is 3. The normalized spacial score (nSPS) is 11.9. The molecule has 0 saturated heterocycles. The maximum absolute atomic E-state index is 10.4. The highest BCUT2D eigenvalue weighted by Gasteiger charge is 2.17. The molecule has 80 valence electrons. The summed E-state index contributed by atoms with van der Waals surface area (Å²) in [7, 11) is 0. The molecule has 1 rings (SSSR count). The van der Waals surface area contributed by atoms with Crippen LogP contribution in [0.3, 0.4) is 0 Å². The number of thiazole rings is 1. The Morgan fingerprint density at radius 1 is 1.64 bits per heavy atom. The van der Waals surface area contributed by atoms with E-state index >= 15 is 0 Å². The molecule has 4 nitrogen and oxygen atoms in total. The number of nitrogens with two attached hydrogens (primary N) is 1. The van der Waals surface area contributed by atoms with E-state index in [0.717, 1.165) is 11.3 Å². The molecule has 3 N–H and O–H groups in total. The Morgan fingerprint density at radius 2 is 2.21 bits per heavy atom. The smallest absolute Gasteiger partial charge is 0.320 e. The number of aromatic nitrogens is 1. The van der Waals surface area contributed by atoms with Crippen molar-refractivity contribution < 1.29 is 9.90 Å². The molecule has 0 bridgehead atoms. The molecule has 0 aliphatic carbocycles. The Bertz CT molecular complexity index is 331. The summed E-state index contributed by atoms with van der Waals surface area (Å²) in [5.41, 5.74) is 5.73. The molecule has 0 aliphatic heterocycles. The summed E-state index contributed by atoms with van der Waals surface area (Å²) >= 11 is 12.4. The molecule has 0 radical (unpaired) electrons. The Balaban J connectivity index is 0.00000169. The van der Waals surface area contributed by atoms with Gasteiger partial charge in [-0.15, -0.1) is 12.4 Å². The highest BCUT2D eigenvalue weighted by molar-refractivity contribution is 7.19. The van der Waals surface area contributed by atoms with E-state index in [2.05, 4.69) is 4.98 Å². The average Bonchev–Trinajstić information content (AvgIpc) is 2.30. The first-order chi connectivity index (χ1) is 6.00. The van der Waals surface area contributed by atoms with Crippen LogP contribution in [0.5, 0.6) is 0 Å². The third kappa shape index (κ3) is 3.59. The predicted molar refractivity (Wildman–Crippen MR) is 58.7 cm³/mol. The van der Waals surface area contributed by atoms with Gasteiger partial charge in [-0.25, -0.2) is 4.98 Å². The summed E-state index contributed by atoms with van der Waals surface area (Å²) in [6, 6.07) is -0.990. The molecule has 0 aliphatic rings. The van der Waals surface area contributed by atoms with Gasteiger partial charge in [-0.2, -0.15) is 0 Å². The van der Waals surface area contributed by atoms with E-state index in [1.165, 1.54) is 0 Å². The number of nitrogens with zero attached hydrogens (tertiary/aromatic N) is 1. The molecule has 1 aromatic rings. The van der Waals surface area contributed by atoms with E-state index in [-0.39, 0.29) is 23.3 Å². The van der Waals surface area contributed by atoms with Gasteiger partial charge in [-0.1, -0.05) is 34.5 Å². The molecule has 1 unspecified atom stereocenters. The lowest BCUT2D eigenvalue weighted by Crippen LogP contribution is -2.32. The van der Waals surface area contributed by atoms with E-state index in [0.29, 0.717) is 10.0 Å². The van der Waals surface area contributed by atoms with Gasteiger partial charge >= 0.3 is 5.97 Å². The van der Waals surface area contributed by atoms with Gasteiger partial charge in [0.05, 0.1) is 5.69 Å². The Hall–Kier alpha value is -0.0700. The van der Waals surface area contributed by atoms with Crippen molar-refractivity contribution in [2.75, 3.05) is 0 Å². The minimum Gasteiger partial charge on any atom is -0.480 e. The van der Waals surface area contributed by atoms with Crippen LogP contribution in [-0.2, 0) is 11.2 Å². The summed E-state index contributed by atoms with van der Waals surface area (Å²) in [5, 5.41) is 8.52.